The number of ether oxygens (including phenoxy) is 1. The first-order valence-corrected chi connectivity index (χ1v) is 6.16. The summed E-state index contributed by atoms with van der Waals surface area (Å²) in [6.07, 6.45) is 4.69. The molecule has 2 N–H and O–H groups in total. The Morgan fingerprint density at radius 3 is 2.81 bits per heavy atom. The summed E-state index contributed by atoms with van der Waals surface area (Å²) >= 11 is 6.10. The zero-order valence-electron chi connectivity index (χ0n) is 9.58. The van der Waals surface area contributed by atoms with Gasteiger partial charge in [0, 0.05) is 6.04 Å². The molecule has 1 aliphatic carbocycles. The standard InChI is InChI=1S/C13H18ClNO/c1-16-13-6-5-9(8-11(13)14)7-10-3-2-4-12(10)15/h5-6,8,10,12H,2-4,7,15H2,1H3. The second-order valence-electron chi connectivity index (χ2n) is 4.53. The summed E-state index contributed by atoms with van der Waals surface area (Å²) in [4.78, 5) is 0. The van der Waals surface area contributed by atoms with E-state index in [2.05, 4.69) is 6.07 Å². The van der Waals surface area contributed by atoms with Gasteiger partial charge in [-0.2, -0.15) is 0 Å². The zero-order chi connectivity index (χ0) is 11.5. The van der Waals surface area contributed by atoms with Crippen molar-refractivity contribution in [3.8, 4) is 5.75 Å². The highest BCUT2D eigenvalue weighted by atomic mass is 35.5. The summed E-state index contributed by atoms with van der Waals surface area (Å²) in [5.74, 6) is 1.35. The summed E-state index contributed by atoms with van der Waals surface area (Å²) in [6.45, 7) is 0. The minimum absolute atomic E-state index is 0.362. The number of rotatable bonds is 3. The van der Waals surface area contributed by atoms with Crippen molar-refractivity contribution in [2.45, 2.75) is 31.7 Å². The SMILES string of the molecule is COc1ccc(CC2CCCC2N)cc1Cl. The normalized spacial score (nSPS) is 24.7. The predicted molar refractivity (Wildman–Crippen MR) is 67.0 cm³/mol. The summed E-state index contributed by atoms with van der Waals surface area (Å²) in [5.41, 5.74) is 7.32. The van der Waals surface area contributed by atoms with Crippen molar-refractivity contribution >= 4 is 11.6 Å². The maximum atomic E-state index is 6.10. The van der Waals surface area contributed by atoms with Crippen LogP contribution in [0, 0.1) is 5.92 Å². The van der Waals surface area contributed by atoms with E-state index < -0.39 is 0 Å². The van der Waals surface area contributed by atoms with Crippen LogP contribution in [-0.2, 0) is 6.42 Å². The minimum atomic E-state index is 0.362. The molecule has 2 atom stereocenters. The van der Waals surface area contributed by atoms with Crippen molar-refractivity contribution in [3.63, 3.8) is 0 Å². The van der Waals surface area contributed by atoms with E-state index in [1.165, 1.54) is 18.4 Å². The minimum Gasteiger partial charge on any atom is -0.495 e. The second kappa shape index (κ2) is 5.07. The quantitative estimate of drug-likeness (QED) is 0.880. The Hall–Kier alpha value is -0.730. The van der Waals surface area contributed by atoms with E-state index in [0.717, 1.165) is 18.6 Å². The summed E-state index contributed by atoms with van der Waals surface area (Å²) in [7, 11) is 1.63. The molecule has 16 heavy (non-hydrogen) atoms. The van der Waals surface area contributed by atoms with Gasteiger partial charge in [0.05, 0.1) is 12.1 Å². The molecule has 0 radical (unpaired) electrons. The second-order valence-corrected chi connectivity index (χ2v) is 4.94. The lowest BCUT2D eigenvalue weighted by Crippen LogP contribution is -2.25. The smallest absolute Gasteiger partial charge is 0.137 e. The van der Waals surface area contributed by atoms with Crippen LogP contribution >= 0.6 is 11.6 Å². The number of methoxy groups -OCH3 is 1. The van der Waals surface area contributed by atoms with Crippen molar-refractivity contribution in [1.29, 1.82) is 0 Å². The maximum absolute atomic E-state index is 6.10. The predicted octanol–water partition coefficient (Wildman–Crippen LogP) is 3.02. The monoisotopic (exact) mass is 239 g/mol. The average Bonchev–Trinajstić information content (AvgIpc) is 2.65. The largest absolute Gasteiger partial charge is 0.495 e. The molecule has 0 saturated heterocycles. The van der Waals surface area contributed by atoms with E-state index in [-0.39, 0.29) is 0 Å². The van der Waals surface area contributed by atoms with Gasteiger partial charge in [-0.05, 0) is 42.9 Å². The van der Waals surface area contributed by atoms with Gasteiger partial charge >= 0.3 is 0 Å². The Bertz CT molecular complexity index is 367. The number of hydrogen-bond acceptors (Lipinski definition) is 2. The van der Waals surface area contributed by atoms with Crippen LogP contribution in [0.5, 0.6) is 5.75 Å². The third kappa shape index (κ3) is 2.50. The first-order valence-electron chi connectivity index (χ1n) is 5.78. The van der Waals surface area contributed by atoms with E-state index in [4.69, 9.17) is 22.1 Å². The van der Waals surface area contributed by atoms with Crippen molar-refractivity contribution in [2.75, 3.05) is 7.11 Å². The van der Waals surface area contributed by atoms with Gasteiger partial charge in [0.1, 0.15) is 5.75 Å². The highest BCUT2D eigenvalue weighted by Crippen LogP contribution is 2.30. The molecular weight excluding hydrogens is 222 g/mol. The first kappa shape index (κ1) is 11.7. The lowest BCUT2D eigenvalue weighted by Gasteiger charge is -2.15. The fourth-order valence-electron chi connectivity index (χ4n) is 2.46. The van der Waals surface area contributed by atoms with Crippen molar-refractivity contribution in [2.24, 2.45) is 11.7 Å². The van der Waals surface area contributed by atoms with Gasteiger partial charge in [0.15, 0.2) is 0 Å². The summed E-state index contributed by atoms with van der Waals surface area (Å²) < 4.78 is 5.13. The van der Waals surface area contributed by atoms with Crippen molar-refractivity contribution < 1.29 is 4.74 Å². The fraction of sp³-hybridized carbons (Fsp3) is 0.538. The molecule has 0 heterocycles. The van der Waals surface area contributed by atoms with Crippen LogP contribution in [-0.4, -0.2) is 13.2 Å². The molecule has 3 heteroatoms. The molecule has 0 aliphatic heterocycles. The Morgan fingerprint density at radius 2 is 2.25 bits per heavy atom. The molecule has 0 amide bonds. The lowest BCUT2D eigenvalue weighted by molar-refractivity contribution is 0.414. The molecule has 1 fully saturated rings. The van der Waals surface area contributed by atoms with Gasteiger partial charge in [0.25, 0.3) is 0 Å². The van der Waals surface area contributed by atoms with Crippen LogP contribution in [0.4, 0.5) is 0 Å². The van der Waals surface area contributed by atoms with Crippen LogP contribution in [0.25, 0.3) is 0 Å². The third-order valence-corrected chi connectivity index (χ3v) is 3.73. The van der Waals surface area contributed by atoms with Crippen LogP contribution in [0.2, 0.25) is 5.02 Å². The Balaban J connectivity index is 2.07. The van der Waals surface area contributed by atoms with Crippen molar-refractivity contribution in [1.82, 2.24) is 0 Å². The Morgan fingerprint density at radius 1 is 1.44 bits per heavy atom. The Labute approximate surface area is 102 Å². The van der Waals surface area contributed by atoms with Crippen LogP contribution < -0.4 is 10.5 Å². The van der Waals surface area contributed by atoms with Crippen LogP contribution in [0.3, 0.4) is 0 Å². The molecule has 1 aliphatic rings. The molecule has 2 unspecified atom stereocenters. The zero-order valence-corrected chi connectivity index (χ0v) is 10.3. The first-order chi connectivity index (χ1) is 7.70. The summed E-state index contributed by atoms with van der Waals surface area (Å²) in [5, 5.41) is 0.687. The third-order valence-electron chi connectivity index (χ3n) is 3.43. The van der Waals surface area contributed by atoms with E-state index >= 15 is 0 Å². The van der Waals surface area contributed by atoms with Crippen LogP contribution in [0.1, 0.15) is 24.8 Å². The molecule has 0 bridgehead atoms. The number of halogens is 1. The van der Waals surface area contributed by atoms with Gasteiger partial charge < -0.3 is 10.5 Å². The van der Waals surface area contributed by atoms with Gasteiger partial charge in [-0.1, -0.05) is 24.1 Å². The molecule has 1 saturated carbocycles. The molecule has 0 spiro atoms. The molecule has 88 valence electrons. The molecule has 2 rings (SSSR count). The number of hydrogen-bond donors (Lipinski definition) is 1. The van der Waals surface area contributed by atoms with Gasteiger partial charge in [-0.3, -0.25) is 0 Å². The highest BCUT2D eigenvalue weighted by Gasteiger charge is 2.23. The highest BCUT2D eigenvalue weighted by molar-refractivity contribution is 6.32. The van der Waals surface area contributed by atoms with Gasteiger partial charge in [0.2, 0.25) is 0 Å². The topological polar surface area (TPSA) is 35.2 Å². The van der Waals surface area contributed by atoms with E-state index in [9.17, 15) is 0 Å². The molecule has 2 nitrogen and oxygen atoms in total. The van der Waals surface area contributed by atoms with E-state index in [1.54, 1.807) is 7.11 Å². The summed E-state index contributed by atoms with van der Waals surface area (Å²) in [6, 6.07) is 6.36. The van der Waals surface area contributed by atoms with Crippen molar-refractivity contribution in [3.05, 3.63) is 28.8 Å². The van der Waals surface area contributed by atoms with E-state index in [0.29, 0.717) is 17.0 Å². The Kier molecular flexibility index (Phi) is 3.72. The molecular formula is C13H18ClNO. The average molecular weight is 240 g/mol. The number of nitrogens with two attached hydrogens (primary N) is 1. The molecule has 1 aromatic carbocycles. The number of benzene rings is 1. The lowest BCUT2D eigenvalue weighted by atomic mass is 9.95. The van der Waals surface area contributed by atoms with E-state index in [1.807, 2.05) is 12.1 Å². The van der Waals surface area contributed by atoms with Gasteiger partial charge in [-0.25, -0.2) is 0 Å². The van der Waals surface area contributed by atoms with Crippen LogP contribution in [0.15, 0.2) is 18.2 Å². The van der Waals surface area contributed by atoms with Gasteiger partial charge in [-0.15, -0.1) is 0 Å². The molecule has 0 aromatic heterocycles. The molecule has 1 aromatic rings. The fourth-order valence-corrected chi connectivity index (χ4v) is 2.74. The maximum Gasteiger partial charge on any atom is 0.137 e.